The summed E-state index contributed by atoms with van der Waals surface area (Å²) in [6.07, 6.45) is 7.58. The molecule has 2 atom stereocenters. The molecule has 1 aliphatic rings. The monoisotopic (exact) mass is 277 g/mol. The summed E-state index contributed by atoms with van der Waals surface area (Å²) in [5, 5.41) is 3.23. The number of rotatable bonds is 6. The Morgan fingerprint density at radius 2 is 2.15 bits per heavy atom. The van der Waals surface area contributed by atoms with Gasteiger partial charge in [-0.05, 0) is 38.5 Å². The first kappa shape index (κ1) is 15.1. The van der Waals surface area contributed by atoms with Gasteiger partial charge in [0.25, 0.3) is 0 Å². The third kappa shape index (κ3) is 4.36. The third-order valence-corrected chi connectivity index (χ3v) is 3.96. The van der Waals surface area contributed by atoms with Crippen molar-refractivity contribution in [3.05, 3.63) is 11.8 Å². The number of nitrogens with one attached hydrogen (secondary N) is 1. The molecule has 1 fully saturated rings. The highest BCUT2D eigenvalue weighted by Crippen LogP contribution is 2.29. The molecule has 1 saturated carbocycles. The molecule has 4 nitrogen and oxygen atoms in total. The predicted octanol–water partition coefficient (Wildman–Crippen LogP) is 3.95. The molecule has 2 unspecified atom stereocenters. The Morgan fingerprint density at radius 1 is 1.30 bits per heavy atom. The molecule has 2 rings (SSSR count). The Bertz CT molecular complexity index is 422. The molecule has 1 aromatic rings. The van der Waals surface area contributed by atoms with Crippen LogP contribution < -0.4 is 10.1 Å². The van der Waals surface area contributed by atoms with Gasteiger partial charge < -0.3 is 10.1 Å². The van der Waals surface area contributed by atoms with E-state index in [0.717, 1.165) is 43.3 Å². The van der Waals surface area contributed by atoms with Crippen LogP contribution in [0.25, 0.3) is 0 Å². The lowest BCUT2D eigenvalue weighted by atomic mass is 9.85. The molecular weight excluding hydrogens is 250 g/mol. The first-order valence-corrected chi connectivity index (χ1v) is 7.97. The lowest BCUT2D eigenvalue weighted by molar-refractivity contribution is 0.117. The van der Waals surface area contributed by atoms with Crippen molar-refractivity contribution in [1.29, 1.82) is 0 Å². The Hall–Kier alpha value is -1.32. The molecule has 1 aromatic heterocycles. The van der Waals surface area contributed by atoms with E-state index in [2.05, 4.69) is 29.1 Å². The van der Waals surface area contributed by atoms with Crippen molar-refractivity contribution < 1.29 is 4.74 Å². The highest BCUT2D eigenvalue weighted by Gasteiger charge is 2.22. The highest BCUT2D eigenvalue weighted by atomic mass is 16.5. The van der Waals surface area contributed by atoms with Crippen molar-refractivity contribution in [3.8, 4) is 5.88 Å². The maximum atomic E-state index is 6.10. The smallest absolute Gasteiger partial charge is 0.226 e. The molecule has 0 radical (unpaired) electrons. The molecule has 1 heterocycles. The SMILES string of the molecule is CCCNc1nc(C)cc(OC2CCCC(CC)C2)n1. The quantitative estimate of drug-likeness (QED) is 0.855. The summed E-state index contributed by atoms with van der Waals surface area (Å²) in [6.45, 7) is 7.29. The summed E-state index contributed by atoms with van der Waals surface area (Å²) in [6, 6.07) is 1.94. The summed E-state index contributed by atoms with van der Waals surface area (Å²) in [5.74, 6) is 2.22. The fourth-order valence-corrected chi connectivity index (χ4v) is 2.81. The van der Waals surface area contributed by atoms with Crippen molar-refractivity contribution in [2.75, 3.05) is 11.9 Å². The molecule has 0 bridgehead atoms. The number of anilines is 1. The average molecular weight is 277 g/mol. The zero-order valence-corrected chi connectivity index (χ0v) is 13.0. The number of aromatic nitrogens is 2. The van der Waals surface area contributed by atoms with Gasteiger partial charge in [-0.25, -0.2) is 4.98 Å². The Labute approximate surface area is 122 Å². The van der Waals surface area contributed by atoms with Crippen LogP contribution in [0.15, 0.2) is 6.07 Å². The molecular formula is C16H27N3O. The normalized spacial score (nSPS) is 22.6. The van der Waals surface area contributed by atoms with Crippen LogP contribution in [0.2, 0.25) is 0 Å². The highest BCUT2D eigenvalue weighted by molar-refractivity contribution is 5.30. The van der Waals surface area contributed by atoms with Gasteiger partial charge >= 0.3 is 0 Å². The number of hydrogen-bond acceptors (Lipinski definition) is 4. The summed E-state index contributed by atoms with van der Waals surface area (Å²) in [7, 11) is 0. The van der Waals surface area contributed by atoms with Crippen LogP contribution in [-0.2, 0) is 0 Å². The maximum absolute atomic E-state index is 6.10. The number of aryl methyl sites for hydroxylation is 1. The summed E-state index contributed by atoms with van der Waals surface area (Å²) >= 11 is 0. The molecule has 0 spiro atoms. The minimum absolute atomic E-state index is 0.321. The minimum atomic E-state index is 0.321. The van der Waals surface area contributed by atoms with Crippen molar-refractivity contribution in [2.45, 2.75) is 65.4 Å². The largest absolute Gasteiger partial charge is 0.474 e. The molecule has 0 aliphatic heterocycles. The third-order valence-electron chi connectivity index (χ3n) is 3.96. The van der Waals surface area contributed by atoms with Gasteiger partial charge in [0.1, 0.15) is 6.10 Å². The number of hydrogen-bond donors (Lipinski definition) is 1. The topological polar surface area (TPSA) is 47.0 Å². The van der Waals surface area contributed by atoms with E-state index < -0.39 is 0 Å². The molecule has 0 aromatic carbocycles. The number of ether oxygens (including phenoxy) is 1. The van der Waals surface area contributed by atoms with Crippen molar-refractivity contribution in [3.63, 3.8) is 0 Å². The van der Waals surface area contributed by atoms with Gasteiger partial charge in [-0.3, -0.25) is 0 Å². The van der Waals surface area contributed by atoms with Gasteiger partial charge in [0.15, 0.2) is 0 Å². The van der Waals surface area contributed by atoms with Gasteiger partial charge in [-0.2, -0.15) is 4.98 Å². The summed E-state index contributed by atoms with van der Waals surface area (Å²) in [4.78, 5) is 8.86. The van der Waals surface area contributed by atoms with Crippen molar-refractivity contribution >= 4 is 5.95 Å². The predicted molar refractivity (Wildman–Crippen MR) is 82.2 cm³/mol. The second-order valence-corrected chi connectivity index (χ2v) is 5.78. The molecule has 20 heavy (non-hydrogen) atoms. The van der Waals surface area contributed by atoms with Gasteiger partial charge in [-0.1, -0.05) is 26.7 Å². The Balaban J connectivity index is 1.99. The molecule has 0 saturated heterocycles. The van der Waals surface area contributed by atoms with Gasteiger partial charge in [-0.15, -0.1) is 0 Å². The van der Waals surface area contributed by atoms with E-state index in [4.69, 9.17) is 4.74 Å². The maximum Gasteiger partial charge on any atom is 0.226 e. The fourth-order valence-electron chi connectivity index (χ4n) is 2.81. The number of nitrogens with zero attached hydrogens (tertiary/aromatic N) is 2. The van der Waals surface area contributed by atoms with Gasteiger partial charge in [0.2, 0.25) is 11.8 Å². The lowest BCUT2D eigenvalue weighted by Gasteiger charge is -2.28. The molecule has 4 heteroatoms. The van der Waals surface area contributed by atoms with E-state index in [-0.39, 0.29) is 0 Å². The lowest BCUT2D eigenvalue weighted by Crippen LogP contribution is -2.25. The van der Waals surface area contributed by atoms with Crippen molar-refractivity contribution in [2.24, 2.45) is 5.92 Å². The van der Waals surface area contributed by atoms with E-state index in [9.17, 15) is 0 Å². The van der Waals surface area contributed by atoms with Crippen LogP contribution >= 0.6 is 0 Å². The van der Waals surface area contributed by atoms with Crippen LogP contribution in [-0.4, -0.2) is 22.6 Å². The Morgan fingerprint density at radius 3 is 2.90 bits per heavy atom. The average Bonchev–Trinajstić information content (AvgIpc) is 2.44. The summed E-state index contributed by atoms with van der Waals surface area (Å²) < 4.78 is 6.10. The van der Waals surface area contributed by atoms with Crippen LogP contribution in [0, 0.1) is 12.8 Å². The van der Waals surface area contributed by atoms with E-state index in [1.807, 2.05) is 13.0 Å². The molecule has 1 aliphatic carbocycles. The van der Waals surface area contributed by atoms with E-state index in [0.29, 0.717) is 12.1 Å². The second kappa shape index (κ2) is 7.46. The first-order chi connectivity index (χ1) is 9.71. The molecule has 1 N–H and O–H groups in total. The molecule has 0 amide bonds. The van der Waals surface area contributed by atoms with Crippen LogP contribution in [0.1, 0.15) is 58.1 Å². The Kier molecular flexibility index (Phi) is 5.62. The second-order valence-electron chi connectivity index (χ2n) is 5.78. The van der Waals surface area contributed by atoms with Crippen LogP contribution in [0.4, 0.5) is 5.95 Å². The first-order valence-electron chi connectivity index (χ1n) is 7.97. The van der Waals surface area contributed by atoms with Crippen LogP contribution in [0.5, 0.6) is 5.88 Å². The van der Waals surface area contributed by atoms with E-state index in [1.54, 1.807) is 0 Å². The minimum Gasteiger partial charge on any atom is -0.474 e. The zero-order valence-electron chi connectivity index (χ0n) is 13.0. The van der Waals surface area contributed by atoms with E-state index >= 15 is 0 Å². The fraction of sp³-hybridized carbons (Fsp3) is 0.750. The van der Waals surface area contributed by atoms with E-state index in [1.165, 1.54) is 19.3 Å². The van der Waals surface area contributed by atoms with Crippen LogP contribution in [0.3, 0.4) is 0 Å². The van der Waals surface area contributed by atoms with Gasteiger partial charge in [0, 0.05) is 18.3 Å². The van der Waals surface area contributed by atoms with Crippen molar-refractivity contribution in [1.82, 2.24) is 9.97 Å². The standard InChI is InChI=1S/C16H27N3O/c1-4-9-17-16-18-12(3)10-15(19-16)20-14-8-6-7-13(5-2)11-14/h10,13-14H,4-9,11H2,1-3H3,(H,17,18,19). The molecule has 112 valence electrons. The zero-order chi connectivity index (χ0) is 14.4. The van der Waals surface area contributed by atoms with Gasteiger partial charge in [0.05, 0.1) is 0 Å². The summed E-state index contributed by atoms with van der Waals surface area (Å²) in [5.41, 5.74) is 0.955.